The van der Waals surface area contributed by atoms with Crippen LogP contribution in [0.5, 0.6) is 0 Å². The van der Waals surface area contributed by atoms with E-state index in [1.54, 1.807) is 36.7 Å². The number of sulfonamides is 1. The quantitative estimate of drug-likeness (QED) is 0.889. The van der Waals surface area contributed by atoms with Crippen molar-refractivity contribution < 1.29 is 13.5 Å². The van der Waals surface area contributed by atoms with Gasteiger partial charge in [-0.3, -0.25) is 0 Å². The van der Waals surface area contributed by atoms with Gasteiger partial charge in [0.1, 0.15) is 6.33 Å². The van der Waals surface area contributed by atoms with Gasteiger partial charge in [0.25, 0.3) is 0 Å². The molecule has 6 nitrogen and oxygen atoms in total. The highest BCUT2D eigenvalue weighted by atomic mass is 32.2. The molecule has 2 aromatic rings. The van der Waals surface area contributed by atoms with Gasteiger partial charge in [0, 0.05) is 24.0 Å². The highest BCUT2D eigenvalue weighted by molar-refractivity contribution is 7.89. The first-order valence-electron chi connectivity index (χ1n) is 7.60. The van der Waals surface area contributed by atoms with Gasteiger partial charge in [-0.2, -0.15) is 0 Å². The van der Waals surface area contributed by atoms with Gasteiger partial charge < -0.3 is 5.11 Å². The summed E-state index contributed by atoms with van der Waals surface area (Å²) in [7, 11) is -3.54. The largest absolute Gasteiger partial charge is 0.393 e. The summed E-state index contributed by atoms with van der Waals surface area (Å²) in [5.41, 5.74) is 1.70. The second-order valence-electron chi connectivity index (χ2n) is 5.78. The number of aliphatic hydroxyl groups is 1. The molecular weight excluding hydrogens is 314 g/mol. The van der Waals surface area contributed by atoms with E-state index < -0.39 is 10.0 Å². The molecule has 1 aromatic heterocycles. The molecule has 1 saturated carbocycles. The Morgan fingerprint density at radius 3 is 2.17 bits per heavy atom. The van der Waals surface area contributed by atoms with Crippen molar-refractivity contribution in [3.05, 3.63) is 43.0 Å². The molecule has 0 saturated heterocycles. The lowest BCUT2D eigenvalue weighted by Gasteiger charge is -2.26. The van der Waals surface area contributed by atoms with Crippen LogP contribution < -0.4 is 4.72 Å². The molecule has 0 atom stereocenters. The summed E-state index contributed by atoms with van der Waals surface area (Å²) in [5.74, 6) is 0. The van der Waals surface area contributed by atoms with Crippen molar-refractivity contribution in [2.45, 2.75) is 42.7 Å². The number of nitrogens with one attached hydrogen (secondary N) is 1. The lowest BCUT2D eigenvalue weighted by atomic mass is 9.94. The highest BCUT2D eigenvalue weighted by Gasteiger charge is 2.24. The third-order valence-corrected chi connectivity index (χ3v) is 5.61. The SMILES string of the molecule is O=S(=O)(N[C@H]1CC[C@H](O)CC1)c1ccc(-c2cncnc2)cc1. The Morgan fingerprint density at radius 1 is 0.957 bits per heavy atom. The molecule has 1 aromatic carbocycles. The van der Waals surface area contributed by atoms with Crippen molar-refractivity contribution in [1.29, 1.82) is 0 Å². The molecule has 122 valence electrons. The van der Waals surface area contributed by atoms with E-state index in [-0.39, 0.29) is 17.0 Å². The summed E-state index contributed by atoms with van der Waals surface area (Å²) in [6, 6.07) is 6.56. The fourth-order valence-electron chi connectivity index (χ4n) is 2.76. The van der Waals surface area contributed by atoms with E-state index in [0.29, 0.717) is 25.7 Å². The van der Waals surface area contributed by atoms with Crippen LogP contribution in [0.3, 0.4) is 0 Å². The van der Waals surface area contributed by atoms with E-state index in [2.05, 4.69) is 14.7 Å². The Hall–Kier alpha value is -1.83. The third kappa shape index (κ3) is 3.93. The van der Waals surface area contributed by atoms with Gasteiger partial charge in [-0.05, 0) is 43.4 Å². The zero-order valence-electron chi connectivity index (χ0n) is 12.6. The molecule has 23 heavy (non-hydrogen) atoms. The molecule has 1 fully saturated rings. The van der Waals surface area contributed by atoms with E-state index in [1.807, 2.05) is 0 Å². The predicted molar refractivity (Wildman–Crippen MR) is 86.1 cm³/mol. The standard InChI is InChI=1S/C16H19N3O3S/c20-15-5-3-14(4-6-15)19-23(21,22)16-7-1-12(2-8-16)13-9-17-11-18-10-13/h1-2,7-11,14-15,19-20H,3-6H2/t14-,15-. The van der Waals surface area contributed by atoms with Crippen LogP contribution in [-0.4, -0.2) is 35.6 Å². The molecule has 1 aliphatic rings. The Bertz CT molecular complexity index is 740. The van der Waals surface area contributed by atoms with Crippen molar-refractivity contribution in [2.75, 3.05) is 0 Å². The topological polar surface area (TPSA) is 92.2 Å². The van der Waals surface area contributed by atoms with Gasteiger partial charge in [0.05, 0.1) is 11.0 Å². The van der Waals surface area contributed by atoms with E-state index in [4.69, 9.17) is 0 Å². The Kier molecular flexibility index (Phi) is 4.70. The minimum atomic E-state index is -3.54. The molecule has 0 spiro atoms. The van der Waals surface area contributed by atoms with Crippen LogP contribution >= 0.6 is 0 Å². The zero-order chi connectivity index (χ0) is 16.3. The Labute approximate surface area is 135 Å². The first-order chi connectivity index (χ1) is 11.0. The van der Waals surface area contributed by atoms with E-state index in [1.165, 1.54) is 6.33 Å². The average molecular weight is 333 g/mol. The van der Waals surface area contributed by atoms with Crippen molar-refractivity contribution in [1.82, 2.24) is 14.7 Å². The number of aromatic nitrogens is 2. The molecule has 1 heterocycles. The average Bonchev–Trinajstić information content (AvgIpc) is 2.58. The second-order valence-corrected chi connectivity index (χ2v) is 7.49. The molecule has 3 rings (SSSR count). The number of hydrogen-bond acceptors (Lipinski definition) is 5. The molecule has 0 amide bonds. The van der Waals surface area contributed by atoms with Crippen LogP contribution in [0, 0.1) is 0 Å². The second kappa shape index (κ2) is 6.74. The van der Waals surface area contributed by atoms with Gasteiger partial charge >= 0.3 is 0 Å². The van der Waals surface area contributed by atoms with Crippen LogP contribution in [0.15, 0.2) is 47.9 Å². The lowest BCUT2D eigenvalue weighted by molar-refractivity contribution is 0.120. The first kappa shape index (κ1) is 16.0. The zero-order valence-corrected chi connectivity index (χ0v) is 13.4. The third-order valence-electron chi connectivity index (χ3n) is 4.08. The van der Waals surface area contributed by atoms with Crippen molar-refractivity contribution in [3.63, 3.8) is 0 Å². The summed E-state index contributed by atoms with van der Waals surface area (Å²) < 4.78 is 27.6. The normalized spacial score (nSPS) is 22.0. The molecule has 0 bridgehead atoms. The number of aliphatic hydroxyl groups excluding tert-OH is 1. The maximum atomic E-state index is 12.4. The fraction of sp³-hybridized carbons (Fsp3) is 0.375. The minimum Gasteiger partial charge on any atom is -0.393 e. The maximum Gasteiger partial charge on any atom is 0.240 e. The van der Waals surface area contributed by atoms with Crippen LogP contribution in [0.1, 0.15) is 25.7 Å². The van der Waals surface area contributed by atoms with Crippen LogP contribution in [-0.2, 0) is 10.0 Å². The highest BCUT2D eigenvalue weighted by Crippen LogP contribution is 2.22. The molecule has 1 aliphatic carbocycles. The maximum absolute atomic E-state index is 12.4. The number of rotatable bonds is 4. The van der Waals surface area contributed by atoms with Crippen LogP contribution in [0.2, 0.25) is 0 Å². The van der Waals surface area contributed by atoms with E-state index in [9.17, 15) is 13.5 Å². The Morgan fingerprint density at radius 2 is 1.57 bits per heavy atom. The van der Waals surface area contributed by atoms with Gasteiger partial charge in [-0.15, -0.1) is 0 Å². The monoisotopic (exact) mass is 333 g/mol. The van der Waals surface area contributed by atoms with Gasteiger partial charge in [0.15, 0.2) is 0 Å². The fourth-order valence-corrected chi connectivity index (χ4v) is 4.06. The molecule has 0 unspecified atom stereocenters. The summed E-state index contributed by atoms with van der Waals surface area (Å²) >= 11 is 0. The number of hydrogen-bond donors (Lipinski definition) is 2. The molecule has 0 aliphatic heterocycles. The summed E-state index contributed by atoms with van der Waals surface area (Å²) in [4.78, 5) is 8.15. The number of benzene rings is 1. The van der Waals surface area contributed by atoms with Gasteiger partial charge in [-0.25, -0.2) is 23.1 Å². The smallest absolute Gasteiger partial charge is 0.240 e. The Balaban J connectivity index is 1.73. The van der Waals surface area contributed by atoms with Crippen molar-refractivity contribution in [3.8, 4) is 11.1 Å². The molecule has 7 heteroatoms. The van der Waals surface area contributed by atoms with Crippen LogP contribution in [0.25, 0.3) is 11.1 Å². The predicted octanol–water partition coefficient (Wildman–Crippen LogP) is 1.73. The van der Waals surface area contributed by atoms with Crippen LogP contribution in [0.4, 0.5) is 0 Å². The number of nitrogens with zero attached hydrogens (tertiary/aromatic N) is 2. The van der Waals surface area contributed by atoms with Gasteiger partial charge in [0.2, 0.25) is 10.0 Å². The minimum absolute atomic E-state index is 0.106. The van der Waals surface area contributed by atoms with Gasteiger partial charge in [-0.1, -0.05) is 12.1 Å². The van der Waals surface area contributed by atoms with E-state index >= 15 is 0 Å². The summed E-state index contributed by atoms with van der Waals surface area (Å²) in [6.07, 6.45) is 7.13. The first-order valence-corrected chi connectivity index (χ1v) is 9.09. The lowest BCUT2D eigenvalue weighted by Crippen LogP contribution is -2.38. The molecule has 0 radical (unpaired) electrons. The molecule has 2 N–H and O–H groups in total. The summed E-state index contributed by atoms with van der Waals surface area (Å²) in [5, 5.41) is 9.49. The van der Waals surface area contributed by atoms with Crippen molar-refractivity contribution >= 4 is 10.0 Å². The summed E-state index contributed by atoms with van der Waals surface area (Å²) in [6.45, 7) is 0. The van der Waals surface area contributed by atoms with E-state index in [0.717, 1.165) is 11.1 Å². The molecular formula is C16H19N3O3S. The van der Waals surface area contributed by atoms with Crippen molar-refractivity contribution in [2.24, 2.45) is 0 Å².